The van der Waals surface area contributed by atoms with Gasteiger partial charge in [0.05, 0.1) is 0 Å². The summed E-state index contributed by atoms with van der Waals surface area (Å²) in [6.45, 7) is 12.7. The van der Waals surface area contributed by atoms with Gasteiger partial charge in [-0.1, -0.05) is 51.1 Å². The van der Waals surface area contributed by atoms with Gasteiger partial charge in [0.2, 0.25) is 0 Å². The molecule has 1 aromatic rings. The van der Waals surface area contributed by atoms with Crippen molar-refractivity contribution in [2.24, 2.45) is 5.41 Å². The minimum absolute atomic E-state index is 0.396. The molecule has 1 N–H and O–H groups in total. The minimum atomic E-state index is 0.396. The van der Waals surface area contributed by atoms with Crippen molar-refractivity contribution in [3.8, 4) is 0 Å². The van der Waals surface area contributed by atoms with Crippen molar-refractivity contribution in [1.29, 1.82) is 0 Å². The highest BCUT2D eigenvalue weighted by molar-refractivity contribution is 5.14. The Balaban J connectivity index is 1.94. The maximum atomic E-state index is 3.75. The highest BCUT2D eigenvalue weighted by atomic mass is 15.2. The van der Waals surface area contributed by atoms with Crippen molar-refractivity contribution >= 4 is 0 Å². The van der Waals surface area contributed by atoms with Gasteiger partial charge < -0.3 is 5.32 Å². The quantitative estimate of drug-likeness (QED) is 0.897. The van der Waals surface area contributed by atoms with Gasteiger partial charge in [-0.2, -0.15) is 0 Å². The third-order valence-corrected chi connectivity index (χ3v) is 3.64. The van der Waals surface area contributed by atoms with Gasteiger partial charge in [0.15, 0.2) is 0 Å². The number of hydrogen-bond donors (Lipinski definition) is 1. The highest BCUT2D eigenvalue weighted by Gasteiger charge is 2.27. The Morgan fingerprint density at radius 3 is 2.47 bits per heavy atom. The fourth-order valence-corrected chi connectivity index (χ4v) is 3.11. The molecule has 1 aliphatic rings. The Labute approximate surface area is 118 Å². The summed E-state index contributed by atoms with van der Waals surface area (Å²) in [6, 6.07) is 12.0. The van der Waals surface area contributed by atoms with Crippen LogP contribution in [0.4, 0.5) is 0 Å². The van der Waals surface area contributed by atoms with Crippen molar-refractivity contribution in [2.45, 2.75) is 52.7 Å². The summed E-state index contributed by atoms with van der Waals surface area (Å²) in [5.74, 6) is 0. The second-order valence-corrected chi connectivity index (χ2v) is 7.21. The third kappa shape index (κ3) is 4.96. The molecule has 1 unspecified atom stereocenters. The van der Waals surface area contributed by atoms with Crippen LogP contribution in [0.5, 0.6) is 0 Å². The van der Waals surface area contributed by atoms with Crippen molar-refractivity contribution in [1.82, 2.24) is 10.2 Å². The van der Waals surface area contributed by atoms with Crippen LogP contribution >= 0.6 is 0 Å². The lowest BCUT2D eigenvalue weighted by Gasteiger charge is -2.40. The highest BCUT2D eigenvalue weighted by Crippen LogP contribution is 2.23. The number of nitrogens with zero attached hydrogens (tertiary/aromatic N) is 1. The second kappa shape index (κ2) is 6.06. The van der Waals surface area contributed by atoms with Crippen LogP contribution in [0.25, 0.3) is 0 Å². The summed E-state index contributed by atoms with van der Waals surface area (Å²) >= 11 is 0. The number of nitrogens with one attached hydrogen (secondary N) is 1. The van der Waals surface area contributed by atoms with Crippen LogP contribution in [-0.4, -0.2) is 30.1 Å². The van der Waals surface area contributed by atoms with E-state index in [0.717, 1.165) is 19.6 Å². The van der Waals surface area contributed by atoms with E-state index in [0.29, 0.717) is 17.5 Å². The lowest BCUT2D eigenvalue weighted by Crippen LogP contribution is -2.55. The van der Waals surface area contributed by atoms with Crippen molar-refractivity contribution in [2.75, 3.05) is 13.1 Å². The number of hydrogen-bond acceptors (Lipinski definition) is 2. The molecule has 106 valence electrons. The molecule has 0 radical (unpaired) electrons. The SMILES string of the molecule is C[C@@H]1CN(Cc2ccccc2)CC(CC(C)(C)C)N1. The maximum absolute atomic E-state index is 3.75. The van der Waals surface area contributed by atoms with Gasteiger partial charge in [-0.25, -0.2) is 0 Å². The fraction of sp³-hybridized carbons (Fsp3) is 0.647. The molecule has 19 heavy (non-hydrogen) atoms. The van der Waals surface area contributed by atoms with Gasteiger partial charge >= 0.3 is 0 Å². The molecule has 2 heteroatoms. The third-order valence-electron chi connectivity index (χ3n) is 3.64. The van der Waals surface area contributed by atoms with Gasteiger partial charge in [0.25, 0.3) is 0 Å². The summed E-state index contributed by atoms with van der Waals surface area (Å²) in [5.41, 5.74) is 1.82. The molecule has 1 aliphatic heterocycles. The van der Waals surface area contributed by atoms with Crippen LogP contribution in [0.2, 0.25) is 0 Å². The van der Waals surface area contributed by atoms with Crippen LogP contribution in [0.1, 0.15) is 39.7 Å². The van der Waals surface area contributed by atoms with E-state index >= 15 is 0 Å². The standard InChI is InChI=1S/C17H28N2/c1-14-11-19(12-15-8-6-5-7-9-15)13-16(18-14)10-17(2,3)4/h5-9,14,16,18H,10-13H2,1-4H3/t14-,16?/m1/s1. The van der Waals surface area contributed by atoms with Crippen LogP contribution < -0.4 is 5.32 Å². The van der Waals surface area contributed by atoms with E-state index in [2.05, 4.69) is 68.2 Å². The smallest absolute Gasteiger partial charge is 0.0235 e. The Kier molecular flexibility index (Phi) is 4.64. The molecule has 0 aliphatic carbocycles. The molecule has 2 rings (SSSR count). The predicted octanol–water partition coefficient (Wildman–Crippen LogP) is 3.29. The molecule has 0 spiro atoms. The molecule has 1 fully saturated rings. The Morgan fingerprint density at radius 2 is 1.84 bits per heavy atom. The van der Waals surface area contributed by atoms with E-state index in [9.17, 15) is 0 Å². The molecular weight excluding hydrogens is 232 g/mol. The Morgan fingerprint density at radius 1 is 1.16 bits per heavy atom. The summed E-state index contributed by atoms with van der Waals surface area (Å²) in [6.07, 6.45) is 1.24. The van der Waals surface area contributed by atoms with Gasteiger partial charge in [0.1, 0.15) is 0 Å². The minimum Gasteiger partial charge on any atom is -0.309 e. The number of benzene rings is 1. The molecule has 2 nitrogen and oxygen atoms in total. The zero-order chi connectivity index (χ0) is 13.9. The first kappa shape index (κ1) is 14.5. The number of rotatable bonds is 3. The zero-order valence-corrected chi connectivity index (χ0v) is 12.8. The normalized spacial score (nSPS) is 25.5. The fourth-order valence-electron chi connectivity index (χ4n) is 3.11. The average molecular weight is 260 g/mol. The lowest BCUT2D eigenvalue weighted by atomic mass is 9.87. The van der Waals surface area contributed by atoms with Crippen molar-refractivity contribution in [3.63, 3.8) is 0 Å². The van der Waals surface area contributed by atoms with Crippen molar-refractivity contribution in [3.05, 3.63) is 35.9 Å². The van der Waals surface area contributed by atoms with E-state index < -0.39 is 0 Å². The lowest BCUT2D eigenvalue weighted by molar-refractivity contribution is 0.135. The van der Waals surface area contributed by atoms with Crippen LogP contribution in [0.3, 0.4) is 0 Å². The van der Waals surface area contributed by atoms with Gasteiger partial charge in [0, 0.05) is 31.7 Å². The second-order valence-electron chi connectivity index (χ2n) is 7.21. The summed E-state index contributed by atoms with van der Waals surface area (Å²) in [4.78, 5) is 2.59. The van der Waals surface area contributed by atoms with E-state index in [4.69, 9.17) is 0 Å². The summed E-state index contributed by atoms with van der Waals surface area (Å²) in [7, 11) is 0. The van der Waals surface area contributed by atoms with Crippen LogP contribution in [-0.2, 0) is 6.54 Å². The number of piperazine rings is 1. The first-order valence-electron chi connectivity index (χ1n) is 7.45. The molecule has 0 amide bonds. The van der Waals surface area contributed by atoms with Gasteiger partial charge in [-0.3, -0.25) is 4.90 Å². The summed E-state index contributed by atoms with van der Waals surface area (Å²) < 4.78 is 0. The molecule has 1 aromatic carbocycles. The average Bonchev–Trinajstić information content (AvgIpc) is 2.26. The summed E-state index contributed by atoms with van der Waals surface area (Å²) in [5, 5.41) is 3.75. The molecule has 0 saturated carbocycles. The maximum Gasteiger partial charge on any atom is 0.0235 e. The van der Waals surface area contributed by atoms with Gasteiger partial charge in [-0.15, -0.1) is 0 Å². The predicted molar refractivity (Wildman–Crippen MR) is 82.2 cm³/mol. The Bertz CT molecular complexity index is 380. The van der Waals surface area contributed by atoms with E-state index in [1.165, 1.54) is 12.0 Å². The van der Waals surface area contributed by atoms with E-state index in [-0.39, 0.29) is 0 Å². The zero-order valence-electron chi connectivity index (χ0n) is 12.8. The molecule has 0 bridgehead atoms. The topological polar surface area (TPSA) is 15.3 Å². The molecular formula is C17H28N2. The molecule has 1 heterocycles. The first-order valence-corrected chi connectivity index (χ1v) is 7.45. The van der Waals surface area contributed by atoms with Gasteiger partial charge in [-0.05, 0) is 24.3 Å². The van der Waals surface area contributed by atoms with E-state index in [1.54, 1.807) is 0 Å². The van der Waals surface area contributed by atoms with Crippen LogP contribution in [0, 0.1) is 5.41 Å². The Hall–Kier alpha value is -0.860. The molecule has 0 aromatic heterocycles. The van der Waals surface area contributed by atoms with E-state index in [1.807, 2.05) is 0 Å². The van der Waals surface area contributed by atoms with Crippen molar-refractivity contribution < 1.29 is 0 Å². The molecule has 2 atom stereocenters. The van der Waals surface area contributed by atoms with Crippen LogP contribution in [0.15, 0.2) is 30.3 Å². The largest absolute Gasteiger partial charge is 0.309 e. The molecule has 1 saturated heterocycles. The first-order chi connectivity index (χ1) is 8.92. The monoisotopic (exact) mass is 260 g/mol.